The Balaban J connectivity index is 3.77. The number of nitrogens with one attached hydrogen (secondary N) is 1. The minimum Gasteiger partial charge on any atom is -0.376 e. The minimum absolute atomic E-state index is 0.115. The fourth-order valence-electron chi connectivity index (χ4n) is 0.984. The first-order chi connectivity index (χ1) is 6.43. The molecule has 14 heavy (non-hydrogen) atoms. The van der Waals surface area contributed by atoms with Crippen molar-refractivity contribution in [2.75, 3.05) is 13.7 Å². The molecule has 0 aromatic rings. The molecule has 0 aromatic heterocycles. The molecule has 1 amide bonds. The molecule has 0 fully saturated rings. The van der Waals surface area contributed by atoms with Gasteiger partial charge in [-0.25, -0.2) is 0 Å². The topological polar surface area (TPSA) is 64.3 Å². The molecule has 1 unspecified atom stereocenters. The van der Waals surface area contributed by atoms with Crippen molar-refractivity contribution in [3.05, 3.63) is 0 Å². The quantitative estimate of drug-likeness (QED) is 0.637. The third-order valence-corrected chi connectivity index (χ3v) is 2.44. The molecule has 4 nitrogen and oxygen atoms in total. The molecule has 0 rings (SSSR count). The Hall–Kier alpha value is -0.610. The molecule has 0 saturated carbocycles. The van der Waals surface area contributed by atoms with Crippen molar-refractivity contribution in [3.8, 4) is 0 Å². The van der Waals surface area contributed by atoms with Crippen LogP contribution in [0.1, 0.15) is 33.6 Å². The zero-order valence-electron chi connectivity index (χ0n) is 9.59. The Morgan fingerprint density at radius 1 is 1.57 bits per heavy atom. The summed E-state index contributed by atoms with van der Waals surface area (Å²) in [5.41, 5.74) is 5.06. The molecule has 0 aliphatic carbocycles. The first kappa shape index (κ1) is 13.4. The molecular weight excluding hydrogens is 180 g/mol. The second-order valence-corrected chi connectivity index (χ2v) is 3.99. The maximum atomic E-state index is 10.9. The van der Waals surface area contributed by atoms with Gasteiger partial charge in [-0.3, -0.25) is 4.79 Å². The van der Waals surface area contributed by atoms with Crippen LogP contribution in [-0.4, -0.2) is 31.2 Å². The number of likely N-dealkylation sites (N-methyl/N-ethyl adjacent to an activating group) is 1. The SMILES string of the molecule is CCC(C)(C)OCCC(NC)C(N)=O. The van der Waals surface area contributed by atoms with Crippen molar-refractivity contribution in [3.63, 3.8) is 0 Å². The maximum Gasteiger partial charge on any atom is 0.234 e. The van der Waals surface area contributed by atoms with Gasteiger partial charge in [0, 0.05) is 6.61 Å². The summed E-state index contributed by atoms with van der Waals surface area (Å²) in [6.45, 7) is 6.69. The van der Waals surface area contributed by atoms with E-state index in [4.69, 9.17) is 10.5 Å². The van der Waals surface area contributed by atoms with E-state index in [0.717, 1.165) is 6.42 Å². The Labute approximate surface area is 86.2 Å². The molecule has 0 spiro atoms. The number of hydrogen-bond donors (Lipinski definition) is 2. The number of ether oxygens (including phenoxy) is 1. The lowest BCUT2D eigenvalue weighted by Crippen LogP contribution is -2.40. The van der Waals surface area contributed by atoms with Gasteiger partial charge in [0.05, 0.1) is 11.6 Å². The van der Waals surface area contributed by atoms with Gasteiger partial charge < -0.3 is 15.8 Å². The van der Waals surface area contributed by atoms with Crippen LogP contribution in [-0.2, 0) is 9.53 Å². The number of carbonyl (C=O) groups excluding carboxylic acids is 1. The van der Waals surface area contributed by atoms with E-state index in [1.54, 1.807) is 7.05 Å². The Bertz CT molecular complexity index is 181. The van der Waals surface area contributed by atoms with Gasteiger partial charge in [0.1, 0.15) is 0 Å². The summed E-state index contributed by atoms with van der Waals surface area (Å²) in [7, 11) is 1.72. The summed E-state index contributed by atoms with van der Waals surface area (Å²) in [6, 6.07) is -0.289. The molecule has 0 heterocycles. The average molecular weight is 202 g/mol. The van der Waals surface area contributed by atoms with Gasteiger partial charge in [-0.1, -0.05) is 6.92 Å². The molecule has 0 aromatic carbocycles. The zero-order chi connectivity index (χ0) is 11.2. The Morgan fingerprint density at radius 3 is 2.50 bits per heavy atom. The first-order valence-corrected chi connectivity index (χ1v) is 5.03. The smallest absolute Gasteiger partial charge is 0.234 e. The van der Waals surface area contributed by atoms with Gasteiger partial charge in [-0.15, -0.1) is 0 Å². The molecule has 3 N–H and O–H groups in total. The van der Waals surface area contributed by atoms with Gasteiger partial charge in [-0.05, 0) is 33.7 Å². The third-order valence-electron chi connectivity index (χ3n) is 2.44. The number of carbonyl (C=O) groups is 1. The maximum absolute atomic E-state index is 10.9. The van der Waals surface area contributed by atoms with Gasteiger partial charge in [0.15, 0.2) is 0 Å². The molecule has 0 bridgehead atoms. The van der Waals surface area contributed by atoms with Crippen molar-refractivity contribution >= 4 is 5.91 Å². The molecule has 0 aliphatic rings. The van der Waals surface area contributed by atoms with E-state index in [1.807, 2.05) is 13.8 Å². The highest BCUT2D eigenvalue weighted by molar-refractivity contribution is 5.79. The summed E-state index contributed by atoms with van der Waals surface area (Å²) in [6.07, 6.45) is 1.57. The zero-order valence-corrected chi connectivity index (χ0v) is 9.59. The van der Waals surface area contributed by atoms with Crippen LogP contribution >= 0.6 is 0 Å². The van der Waals surface area contributed by atoms with Crippen LogP contribution in [0.2, 0.25) is 0 Å². The molecule has 1 atom stereocenters. The number of amides is 1. The van der Waals surface area contributed by atoms with Crippen molar-refractivity contribution in [2.24, 2.45) is 5.73 Å². The molecule has 84 valence electrons. The summed E-state index contributed by atoms with van der Waals surface area (Å²) in [5.74, 6) is -0.328. The van der Waals surface area contributed by atoms with Crippen LogP contribution in [0.3, 0.4) is 0 Å². The first-order valence-electron chi connectivity index (χ1n) is 5.03. The van der Waals surface area contributed by atoms with Crippen LogP contribution in [0.5, 0.6) is 0 Å². The highest BCUT2D eigenvalue weighted by Gasteiger charge is 2.17. The average Bonchev–Trinajstić information content (AvgIpc) is 2.12. The standard InChI is InChI=1S/C10H22N2O2/c1-5-10(2,3)14-7-6-8(12-4)9(11)13/h8,12H,5-7H2,1-4H3,(H2,11,13). The predicted octanol–water partition coefficient (Wildman–Crippen LogP) is 0.655. The van der Waals surface area contributed by atoms with Crippen molar-refractivity contribution in [1.29, 1.82) is 0 Å². The van der Waals surface area contributed by atoms with E-state index < -0.39 is 0 Å². The van der Waals surface area contributed by atoms with Crippen LogP contribution < -0.4 is 11.1 Å². The molecule has 4 heteroatoms. The second-order valence-electron chi connectivity index (χ2n) is 3.99. The molecular formula is C10H22N2O2. The van der Waals surface area contributed by atoms with Gasteiger partial charge in [0.2, 0.25) is 5.91 Å². The largest absolute Gasteiger partial charge is 0.376 e. The van der Waals surface area contributed by atoms with Crippen LogP contribution in [0.4, 0.5) is 0 Å². The monoisotopic (exact) mass is 202 g/mol. The summed E-state index contributed by atoms with van der Waals surface area (Å²) in [5, 5.41) is 2.85. The van der Waals surface area contributed by atoms with Crippen molar-refractivity contribution in [2.45, 2.75) is 45.3 Å². The van der Waals surface area contributed by atoms with Crippen LogP contribution in [0.15, 0.2) is 0 Å². The van der Waals surface area contributed by atoms with Crippen LogP contribution in [0.25, 0.3) is 0 Å². The van der Waals surface area contributed by atoms with Gasteiger partial charge >= 0.3 is 0 Å². The Morgan fingerprint density at radius 2 is 2.14 bits per heavy atom. The minimum atomic E-state index is -0.328. The van der Waals surface area contributed by atoms with Crippen molar-refractivity contribution < 1.29 is 9.53 Å². The lowest BCUT2D eigenvalue weighted by Gasteiger charge is -2.24. The molecule has 0 saturated heterocycles. The summed E-state index contributed by atoms with van der Waals surface area (Å²) < 4.78 is 5.61. The van der Waals surface area contributed by atoms with E-state index in [-0.39, 0.29) is 17.6 Å². The normalized spacial score (nSPS) is 14.0. The van der Waals surface area contributed by atoms with Crippen molar-refractivity contribution in [1.82, 2.24) is 5.32 Å². The van der Waals surface area contributed by atoms with Gasteiger partial charge in [-0.2, -0.15) is 0 Å². The molecule has 0 aliphatic heterocycles. The third kappa shape index (κ3) is 5.19. The van der Waals surface area contributed by atoms with E-state index in [0.29, 0.717) is 13.0 Å². The second kappa shape index (κ2) is 5.98. The van der Waals surface area contributed by atoms with E-state index >= 15 is 0 Å². The Kier molecular flexibility index (Phi) is 5.72. The van der Waals surface area contributed by atoms with E-state index in [2.05, 4.69) is 12.2 Å². The number of nitrogens with two attached hydrogens (primary N) is 1. The summed E-state index contributed by atoms with van der Waals surface area (Å²) >= 11 is 0. The summed E-state index contributed by atoms with van der Waals surface area (Å²) in [4.78, 5) is 10.9. The highest BCUT2D eigenvalue weighted by atomic mass is 16.5. The lowest BCUT2D eigenvalue weighted by molar-refractivity contribution is -0.120. The van der Waals surface area contributed by atoms with E-state index in [1.165, 1.54) is 0 Å². The van der Waals surface area contributed by atoms with E-state index in [9.17, 15) is 4.79 Å². The number of primary amides is 1. The fourth-order valence-corrected chi connectivity index (χ4v) is 0.984. The van der Waals surface area contributed by atoms with Crippen LogP contribution in [0, 0.1) is 0 Å². The highest BCUT2D eigenvalue weighted by Crippen LogP contribution is 2.13. The van der Waals surface area contributed by atoms with Gasteiger partial charge in [0.25, 0.3) is 0 Å². The molecule has 0 radical (unpaired) electrons. The number of rotatable bonds is 7. The lowest BCUT2D eigenvalue weighted by atomic mass is 10.1. The predicted molar refractivity (Wildman–Crippen MR) is 57.0 cm³/mol. The number of hydrogen-bond acceptors (Lipinski definition) is 3. The fraction of sp³-hybridized carbons (Fsp3) is 0.900.